The van der Waals surface area contributed by atoms with Crippen molar-refractivity contribution in [3.05, 3.63) is 0 Å². The zero-order valence-electron chi connectivity index (χ0n) is 6.09. The smallest absolute Gasteiger partial charge is 0.0863 e. The minimum Gasteiger partial charge on any atom is -0.385 e. The number of epoxide rings is 1. The molecule has 1 fully saturated rings. The molecule has 0 aliphatic carbocycles. The molecule has 1 aliphatic rings. The fraction of sp³-hybridized carbons (Fsp3) is 1.00. The summed E-state index contributed by atoms with van der Waals surface area (Å²) < 4.78 is 10.2. The second-order valence-corrected chi connectivity index (χ2v) is 2.40. The summed E-state index contributed by atoms with van der Waals surface area (Å²) in [6, 6.07) is 0. The molecule has 0 aromatic carbocycles. The number of hydrogen-bond acceptors (Lipinski definition) is 2. The predicted molar refractivity (Wildman–Crippen MR) is 35.4 cm³/mol. The Hall–Kier alpha value is -0.0800. The highest BCUT2D eigenvalue weighted by molar-refractivity contribution is 4.82. The normalized spacial score (nSPS) is 32.7. The first kappa shape index (κ1) is 7.03. The third kappa shape index (κ3) is 1.95. The zero-order chi connectivity index (χ0) is 6.69. The fourth-order valence-electron chi connectivity index (χ4n) is 1.03. The van der Waals surface area contributed by atoms with Crippen LogP contribution >= 0.6 is 0 Å². The summed E-state index contributed by atoms with van der Waals surface area (Å²) in [5.74, 6) is 0. The Morgan fingerprint density at radius 3 is 2.67 bits per heavy atom. The van der Waals surface area contributed by atoms with Gasteiger partial charge in [0.1, 0.15) is 0 Å². The first-order valence-electron chi connectivity index (χ1n) is 3.53. The molecule has 0 aromatic heterocycles. The Bertz CT molecular complexity index is 83.0. The van der Waals surface area contributed by atoms with Gasteiger partial charge >= 0.3 is 0 Å². The average Bonchev–Trinajstić information content (AvgIpc) is 2.62. The van der Waals surface area contributed by atoms with E-state index < -0.39 is 0 Å². The van der Waals surface area contributed by atoms with E-state index in [1.165, 1.54) is 0 Å². The molecule has 1 aliphatic heterocycles. The Morgan fingerprint density at radius 1 is 1.44 bits per heavy atom. The van der Waals surface area contributed by atoms with E-state index in [0.29, 0.717) is 12.2 Å². The Labute approximate surface area is 56.2 Å². The maximum absolute atomic E-state index is 5.29. The Kier molecular flexibility index (Phi) is 2.49. The molecule has 9 heavy (non-hydrogen) atoms. The molecular formula is C7H14O2. The highest BCUT2D eigenvalue weighted by Gasteiger charge is 2.35. The van der Waals surface area contributed by atoms with E-state index in [4.69, 9.17) is 9.47 Å². The molecule has 0 amide bonds. The largest absolute Gasteiger partial charge is 0.385 e. The van der Waals surface area contributed by atoms with Crippen LogP contribution in [0.15, 0.2) is 0 Å². The van der Waals surface area contributed by atoms with Gasteiger partial charge in [-0.05, 0) is 12.8 Å². The van der Waals surface area contributed by atoms with Crippen molar-refractivity contribution in [3.8, 4) is 0 Å². The third-order valence-corrected chi connectivity index (χ3v) is 1.70. The van der Waals surface area contributed by atoms with Crippen LogP contribution in [0, 0.1) is 0 Å². The van der Waals surface area contributed by atoms with Crippen molar-refractivity contribution >= 4 is 0 Å². The molecule has 0 bridgehead atoms. The predicted octanol–water partition coefficient (Wildman–Crippen LogP) is 1.20. The van der Waals surface area contributed by atoms with Gasteiger partial charge in [-0.25, -0.2) is 0 Å². The second-order valence-electron chi connectivity index (χ2n) is 2.40. The van der Waals surface area contributed by atoms with Gasteiger partial charge in [0.05, 0.1) is 12.2 Å². The summed E-state index contributed by atoms with van der Waals surface area (Å²) in [6.07, 6.45) is 3.26. The average molecular weight is 130 g/mol. The summed E-state index contributed by atoms with van der Waals surface area (Å²) >= 11 is 0. The quantitative estimate of drug-likeness (QED) is 0.533. The molecule has 0 unspecified atom stereocenters. The molecule has 2 heteroatoms. The van der Waals surface area contributed by atoms with Gasteiger partial charge < -0.3 is 9.47 Å². The van der Waals surface area contributed by atoms with Gasteiger partial charge in [-0.3, -0.25) is 0 Å². The van der Waals surface area contributed by atoms with E-state index >= 15 is 0 Å². The molecule has 1 heterocycles. The van der Waals surface area contributed by atoms with E-state index in [9.17, 15) is 0 Å². The van der Waals surface area contributed by atoms with Gasteiger partial charge in [-0.1, -0.05) is 6.92 Å². The number of ether oxygens (including phenoxy) is 2. The van der Waals surface area contributed by atoms with Crippen molar-refractivity contribution in [2.75, 3.05) is 13.7 Å². The minimum absolute atomic E-state index is 0.509. The first-order valence-corrected chi connectivity index (χ1v) is 3.53. The summed E-state index contributed by atoms with van der Waals surface area (Å²) in [5, 5.41) is 0. The number of methoxy groups -OCH3 is 1. The summed E-state index contributed by atoms with van der Waals surface area (Å²) in [4.78, 5) is 0. The van der Waals surface area contributed by atoms with Gasteiger partial charge in [0, 0.05) is 13.7 Å². The van der Waals surface area contributed by atoms with Crippen molar-refractivity contribution in [1.82, 2.24) is 0 Å². The molecule has 54 valence electrons. The highest BCUT2D eigenvalue weighted by Crippen LogP contribution is 2.27. The van der Waals surface area contributed by atoms with Crippen LogP contribution in [0.5, 0.6) is 0 Å². The van der Waals surface area contributed by atoms with E-state index in [-0.39, 0.29) is 0 Å². The van der Waals surface area contributed by atoms with Crippen LogP contribution in [0.1, 0.15) is 19.8 Å². The Balaban J connectivity index is 1.92. The number of rotatable bonds is 4. The van der Waals surface area contributed by atoms with Crippen LogP contribution in [-0.2, 0) is 9.47 Å². The van der Waals surface area contributed by atoms with Gasteiger partial charge in [-0.15, -0.1) is 0 Å². The maximum Gasteiger partial charge on any atom is 0.0863 e. The SMILES string of the molecule is CC[C@H]1O[C@H]1CCOC. The van der Waals surface area contributed by atoms with E-state index in [2.05, 4.69) is 6.92 Å². The van der Waals surface area contributed by atoms with Crippen LogP contribution < -0.4 is 0 Å². The lowest BCUT2D eigenvalue weighted by Crippen LogP contribution is -1.97. The molecule has 1 rings (SSSR count). The van der Waals surface area contributed by atoms with E-state index in [1.54, 1.807) is 7.11 Å². The molecular weight excluding hydrogens is 116 g/mol. The molecule has 1 saturated heterocycles. The van der Waals surface area contributed by atoms with Crippen molar-refractivity contribution in [2.45, 2.75) is 32.0 Å². The van der Waals surface area contributed by atoms with Crippen LogP contribution in [0.2, 0.25) is 0 Å². The van der Waals surface area contributed by atoms with Crippen LogP contribution in [0.25, 0.3) is 0 Å². The Morgan fingerprint density at radius 2 is 2.22 bits per heavy atom. The third-order valence-electron chi connectivity index (χ3n) is 1.70. The lowest BCUT2D eigenvalue weighted by Gasteiger charge is -1.91. The van der Waals surface area contributed by atoms with Gasteiger partial charge in [0.25, 0.3) is 0 Å². The maximum atomic E-state index is 5.29. The first-order chi connectivity index (χ1) is 4.38. The summed E-state index contributed by atoms with van der Waals surface area (Å²) in [7, 11) is 1.73. The van der Waals surface area contributed by atoms with Crippen molar-refractivity contribution < 1.29 is 9.47 Å². The standard InChI is InChI=1S/C7H14O2/c1-3-6-7(9-6)4-5-8-2/h6-7H,3-5H2,1-2H3/t6-,7+/m1/s1. The molecule has 0 radical (unpaired) electrons. The molecule has 2 atom stereocenters. The molecule has 0 N–H and O–H groups in total. The van der Waals surface area contributed by atoms with Gasteiger partial charge in [-0.2, -0.15) is 0 Å². The lowest BCUT2D eigenvalue weighted by molar-refractivity contribution is 0.184. The van der Waals surface area contributed by atoms with Crippen molar-refractivity contribution in [1.29, 1.82) is 0 Å². The van der Waals surface area contributed by atoms with Gasteiger partial charge in [0.15, 0.2) is 0 Å². The van der Waals surface area contributed by atoms with Crippen molar-refractivity contribution in [2.24, 2.45) is 0 Å². The topological polar surface area (TPSA) is 21.8 Å². The molecule has 0 saturated carbocycles. The summed E-state index contributed by atoms with van der Waals surface area (Å²) in [5.41, 5.74) is 0. The van der Waals surface area contributed by atoms with Crippen LogP contribution in [0.4, 0.5) is 0 Å². The van der Waals surface area contributed by atoms with Crippen LogP contribution in [0.3, 0.4) is 0 Å². The lowest BCUT2D eigenvalue weighted by atomic mass is 10.2. The van der Waals surface area contributed by atoms with E-state index in [1.807, 2.05) is 0 Å². The van der Waals surface area contributed by atoms with Crippen molar-refractivity contribution in [3.63, 3.8) is 0 Å². The number of hydrogen-bond donors (Lipinski definition) is 0. The molecule has 0 spiro atoms. The zero-order valence-corrected chi connectivity index (χ0v) is 6.09. The highest BCUT2D eigenvalue weighted by atomic mass is 16.6. The second kappa shape index (κ2) is 3.18. The van der Waals surface area contributed by atoms with Gasteiger partial charge in [0.2, 0.25) is 0 Å². The fourth-order valence-corrected chi connectivity index (χ4v) is 1.03. The monoisotopic (exact) mass is 130 g/mol. The molecule has 2 nitrogen and oxygen atoms in total. The van der Waals surface area contributed by atoms with E-state index in [0.717, 1.165) is 19.4 Å². The summed E-state index contributed by atoms with van der Waals surface area (Å²) in [6.45, 7) is 2.98. The minimum atomic E-state index is 0.509. The van der Waals surface area contributed by atoms with Crippen LogP contribution in [-0.4, -0.2) is 25.9 Å². The molecule has 0 aromatic rings.